The summed E-state index contributed by atoms with van der Waals surface area (Å²) < 4.78 is 0.670. The predicted molar refractivity (Wildman–Crippen MR) is 87.5 cm³/mol. The van der Waals surface area contributed by atoms with E-state index in [2.05, 4.69) is 15.9 Å². The molecule has 0 saturated heterocycles. The summed E-state index contributed by atoms with van der Waals surface area (Å²) in [7, 11) is 0. The average Bonchev–Trinajstić information content (AvgIpc) is 2.74. The quantitative estimate of drug-likeness (QED) is 0.838. The van der Waals surface area contributed by atoms with Crippen molar-refractivity contribution in [2.45, 2.75) is 13.0 Å². The number of carbonyl (C=O) groups is 3. The van der Waals surface area contributed by atoms with Gasteiger partial charge >= 0.3 is 11.9 Å². The summed E-state index contributed by atoms with van der Waals surface area (Å²) in [6.07, 6.45) is 0. The van der Waals surface area contributed by atoms with Crippen LogP contribution in [-0.2, 0) is 9.59 Å². The Hall–Kier alpha value is -2.47. The SMILES string of the molecule is Cc1cc(Br)cc2c1N(C(C(=O)O)c1ccccc1)C(=O)C2=O. The van der Waals surface area contributed by atoms with E-state index in [1.165, 1.54) is 0 Å². The molecule has 116 valence electrons. The molecule has 1 unspecified atom stereocenters. The number of amides is 1. The van der Waals surface area contributed by atoms with Gasteiger partial charge in [-0.25, -0.2) is 4.79 Å². The molecule has 0 fully saturated rings. The fourth-order valence-corrected chi connectivity index (χ4v) is 3.41. The van der Waals surface area contributed by atoms with Gasteiger partial charge in [-0.2, -0.15) is 0 Å². The smallest absolute Gasteiger partial charge is 0.331 e. The van der Waals surface area contributed by atoms with Crippen molar-refractivity contribution in [3.05, 3.63) is 63.6 Å². The first-order valence-electron chi connectivity index (χ1n) is 6.87. The second kappa shape index (κ2) is 5.62. The molecule has 0 aliphatic carbocycles. The van der Waals surface area contributed by atoms with Crippen molar-refractivity contribution in [1.82, 2.24) is 0 Å². The van der Waals surface area contributed by atoms with Crippen molar-refractivity contribution in [1.29, 1.82) is 0 Å². The molecule has 0 bridgehead atoms. The third-order valence-corrected chi connectivity index (χ3v) is 4.23. The monoisotopic (exact) mass is 373 g/mol. The summed E-state index contributed by atoms with van der Waals surface area (Å²) in [6.45, 7) is 1.74. The summed E-state index contributed by atoms with van der Waals surface area (Å²) in [5, 5.41) is 9.65. The Morgan fingerprint density at radius 3 is 2.43 bits per heavy atom. The number of carbonyl (C=O) groups excluding carboxylic acids is 2. The van der Waals surface area contributed by atoms with Gasteiger partial charge in [0.05, 0.1) is 11.3 Å². The van der Waals surface area contributed by atoms with Gasteiger partial charge < -0.3 is 5.11 Å². The number of ketones is 1. The first-order chi connectivity index (χ1) is 10.9. The van der Waals surface area contributed by atoms with Gasteiger partial charge in [0.25, 0.3) is 5.78 Å². The van der Waals surface area contributed by atoms with E-state index in [1.54, 1.807) is 49.4 Å². The molecule has 1 atom stereocenters. The molecule has 23 heavy (non-hydrogen) atoms. The van der Waals surface area contributed by atoms with E-state index in [0.717, 1.165) is 4.90 Å². The van der Waals surface area contributed by atoms with Gasteiger partial charge in [-0.05, 0) is 30.2 Å². The van der Waals surface area contributed by atoms with Crippen LogP contribution in [0.15, 0.2) is 46.9 Å². The zero-order valence-electron chi connectivity index (χ0n) is 12.1. The van der Waals surface area contributed by atoms with Crippen molar-refractivity contribution in [3.63, 3.8) is 0 Å². The maximum Gasteiger partial charge on any atom is 0.331 e. The van der Waals surface area contributed by atoms with Gasteiger partial charge in [0.2, 0.25) is 0 Å². The standard InChI is InChI=1S/C17H12BrNO4/c1-9-7-11(18)8-12-13(9)19(16(21)15(12)20)14(17(22)23)10-5-3-2-4-6-10/h2-8,14H,1H3,(H,22,23). The molecule has 6 heteroatoms. The molecule has 2 aromatic rings. The highest BCUT2D eigenvalue weighted by Crippen LogP contribution is 2.40. The van der Waals surface area contributed by atoms with Gasteiger partial charge in [0, 0.05) is 4.47 Å². The van der Waals surface area contributed by atoms with Crippen LogP contribution in [0.2, 0.25) is 0 Å². The van der Waals surface area contributed by atoms with Crippen LogP contribution in [0.3, 0.4) is 0 Å². The van der Waals surface area contributed by atoms with Crippen LogP contribution < -0.4 is 4.90 Å². The Morgan fingerprint density at radius 1 is 1.17 bits per heavy atom. The summed E-state index contributed by atoms with van der Waals surface area (Å²) in [5.41, 5.74) is 1.69. The first-order valence-corrected chi connectivity index (χ1v) is 7.67. The summed E-state index contributed by atoms with van der Waals surface area (Å²) in [5.74, 6) is -2.70. The van der Waals surface area contributed by atoms with Gasteiger partial charge in [0.1, 0.15) is 0 Å². The zero-order chi connectivity index (χ0) is 16.7. The molecule has 2 aromatic carbocycles. The Morgan fingerprint density at radius 2 is 1.83 bits per heavy atom. The maximum atomic E-state index is 12.4. The number of fused-ring (bicyclic) bond motifs is 1. The maximum absolute atomic E-state index is 12.4. The second-order valence-corrected chi connectivity index (χ2v) is 6.19. The van der Waals surface area contributed by atoms with Crippen molar-refractivity contribution in [3.8, 4) is 0 Å². The number of hydrogen-bond donors (Lipinski definition) is 1. The van der Waals surface area contributed by atoms with Crippen LogP contribution in [0.5, 0.6) is 0 Å². The van der Waals surface area contributed by atoms with E-state index < -0.39 is 23.7 Å². The van der Waals surface area contributed by atoms with E-state index in [-0.39, 0.29) is 5.56 Å². The van der Waals surface area contributed by atoms with Gasteiger partial charge in [-0.1, -0.05) is 46.3 Å². The minimum Gasteiger partial charge on any atom is -0.479 e. The number of carboxylic acids is 1. The molecule has 1 aliphatic heterocycles. The lowest BCUT2D eigenvalue weighted by molar-refractivity contribution is -0.139. The lowest BCUT2D eigenvalue weighted by atomic mass is 10.0. The van der Waals surface area contributed by atoms with Crippen molar-refractivity contribution >= 4 is 39.3 Å². The number of hydrogen-bond acceptors (Lipinski definition) is 3. The second-order valence-electron chi connectivity index (χ2n) is 5.27. The van der Waals surface area contributed by atoms with Gasteiger partial charge in [0.15, 0.2) is 6.04 Å². The van der Waals surface area contributed by atoms with E-state index in [9.17, 15) is 19.5 Å². The number of nitrogens with zero attached hydrogens (tertiary/aromatic N) is 1. The highest BCUT2D eigenvalue weighted by molar-refractivity contribution is 9.10. The molecule has 0 saturated carbocycles. The number of carboxylic acid groups (broad SMARTS) is 1. The largest absolute Gasteiger partial charge is 0.479 e. The molecular weight excluding hydrogens is 362 g/mol. The molecule has 1 heterocycles. The molecule has 3 rings (SSSR count). The Balaban J connectivity index is 2.22. The fraction of sp³-hybridized carbons (Fsp3) is 0.118. The van der Waals surface area contributed by atoms with E-state index in [0.29, 0.717) is 21.3 Å². The molecule has 5 nitrogen and oxygen atoms in total. The highest BCUT2D eigenvalue weighted by Gasteiger charge is 2.44. The molecule has 1 N–H and O–H groups in total. The summed E-state index contributed by atoms with van der Waals surface area (Å²) in [6, 6.07) is 10.5. The van der Waals surface area contributed by atoms with Crippen LogP contribution >= 0.6 is 15.9 Å². The number of aliphatic carboxylic acids is 1. The number of rotatable bonds is 3. The third kappa shape index (κ3) is 2.45. The van der Waals surface area contributed by atoms with Gasteiger partial charge in [-0.15, -0.1) is 0 Å². The average molecular weight is 374 g/mol. The number of anilines is 1. The molecule has 0 aromatic heterocycles. The molecular formula is C17H12BrNO4. The van der Waals surface area contributed by atoms with Crippen LogP contribution in [0.1, 0.15) is 27.5 Å². The summed E-state index contributed by atoms with van der Waals surface area (Å²) >= 11 is 3.30. The van der Waals surface area contributed by atoms with Crippen LogP contribution in [0.25, 0.3) is 0 Å². The Labute approximate surface area is 140 Å². The number of halogens is 1. The zero-order valence-corrected chi connectivity index (χ0v) is 13.7. The van der Waals surface area contributed by atoms with Crippen molar-refractivity contribution in [2.75, 3.05) is 4.90 Å². The minimum absolute atomic E-state index is 0.226. The number of benzene rings is 2. The van der Waals surface area contributed by atoms with E-state index >= 15 is 0 Å². The fourth-order valence-electron chi connectivity index (χ4n) is 2.84. The molecule has 1 aliphatic rings. The third-order valence-electron chi connectivity index (χ3n) is 3.77. The topological polar surface area (TPSA) is 74.7 Å². The van der Waals surface area contributed by atoms with Crippen LogP contribution in [0, 0.1) is 6.92 Å². The first kappa shape index (κ1) is 15.4. The summed E-state index contributed by atoms with van der Waals surface area (Å²) in [4.78, 5) is 37.6. The van der Waals surface area contributed by atoms with Crippen molar-refractivity contribution in [2.24, 2.45) is 0 Å². The lowest BCUT2D eigenvalue weighted by Crippen LogP contribution is -2.38. The predicted octanol–water partition coefficient (Wildman–Crippen LogP) is 3.11. The van der Waals surface area contributed by atoms with Crippen LogP contribution in [0.4, 0.5) is 5.69 Å². The minimum atomic E-state index is -1.24. The number of aryl methyl sites for hydroxylation is 1. The van der Waals surface area contributed by atoms with E-state index in [4.69, 9.17) is 0 Å². The molecule has 0 spiro atoms. The normalized spacial score (nSPS) is 14.8. The molecule has 1 amide bonds. The Bertz CT molecular complexity index is 832. The van der Waals surface area contributed by atoms with E-state index in [1.807, 2.05) is 0 Å². The van der Waals surface area contributed by atoms with Crippen molar-refractivity contribution < 1.29 is 19.5 Å². The Kier molecular flexibility index (Phi) is 3.77. The lowest BCUT2D eigenvalue weighted by Gasteiger charge is -2.26. The van der Waals surface area contributed by atoms with Gasteiger partial charge in [-0.3, -0.25) is 14.5 Å². The number of Topliss-reactive ketones (excluding diaryl/α,β-unsaturated/α-hetero) is 1. The highest BCUT2D eigenvalue weighted by atomic mass is 79.9. The van der Waals surface area contributed by atoms with Crippen LogP contribution in [-0.4, -0.2) is 22.8 Å². The molecule has 0 radical (unpaired) electrons.